The van der Waals surface area contributed by atoms with E-state index in [0.29, 0.717) is 0 Å². The molecule has 0 aliphatic carbocycles. The molecule has 2 heterocycles. The van der Waals surface area contributed by atoms with Crippen LogP contribution in [0.25, 0.3) is 11.0 Å². The lowest BCUT2D eigenvalue weighted by molar-refractivity contribution is 0.303. The van der Waals surface area contributed by atoms with E-state index in [1.165, 1.54) is 55.8 Å². The fourth-order valence-electron chi connectivity index (χ4n) is 4.42. The molecule has 1 aliphatic rings. The molecule has 1 aromatic heterocycles. The SMILES string of the molecule is CCc1ccc(OCCCCn2c(CCCN3CCCC3)nc3ccccc32)cc1. The van der Waals surface area contributed by atoms with Gasteiger partial charge >= 0.3 is 0 Å². The fourth-order valence-corrected chi connectivity index (χ4v) is 4.42. The molecule has 1 fully saturated rings. The molecule has 4 nitrogen and oxygen atoms in total. The van der Waals surface area contributed by atoms with Crippen molar-refractivity contribution < 1.29 is 4.74 Å². The van der Waals surface area contributed by atoms with Crippen molar-refractivity contribution in [3.05, 3.63) is 59.9 Å². The maximum Gasteiger partial charge on any atom is 0.119 e. The average Bonchev–Trinajstić information content (AvgIpc) is 3.42. The van der Waals surface area contributed by atoms with E-state index in [2.05, 4.69) is 64.9 Å². The molecular formula is C26H35N3O. The minimum atomic E-state index is 0.766. The van der Waals surface area contributed by atoms with E-state index in [4.69, 9.17) is 9.72 Å². The van der Waals surface area contributed by atoms with Crippen molar-refractivity contribution in [2.45, 2.75) is 58.4 Å². The fraction of sp³-hybridized carbons (Fsp3) is 0.500. The number of likely N-dealkylation sites (tertiary alicyclic amines) is 1. The zero-order chi connectivity index (χ0) is 20.6. The second kappa shape index (κ2) is 10.6. The molecule has 3 aromatic rings. The lowest BCUT2D eigenvalue weighted by Crippen LogP contribution is -2.21. The molecule has 2 aromatic carbocycles. The monoisotopic (exact) mass is 405 g/mol. The Labute approximate surface area is 180 Å². The number of ether oxygens (including phenoxy) is 1. The van der Waals surface area contributed by atoms with Crippen LogP contribution in [0.5, 0.6) is 5.75 Å². The molecule has 0 N–H and O–H groups in total. The predicted octanol–water partition coefficient (Wildman–Crippen LogP) is 5.49. The highest BCUT2D eigenvalue weighted by atomic mass is 16.5. The summed E-state index contributed by atoms with van der Waals surface area (Å²) in [4.78, 5) is 7.55. The number of imidazole rings is 1. The second-order valence-corrected chi connectivity index (χ2v) is 8.37. The molecule has 0 radical (unpaired) electrons. The van der Waals surface area contributed by atoms with Crippen LogP contribution in [0.15, 0.2) is 48.5 Å². The molecule has 1 saturated heterocycles. The van der Waals surface area contributed by atoms with Crippen LogP contribution in [0.1, 0.15) is 50.4 Å². The van der Waals surface area contributed by atoms with Crippen LogP contribution in [0.2, 0.25) is 0 Å². The Morgan fingerprint density at radius 1 is 0.900 bits per heavy atom. The lowest BCUT2D eigenvalue weighted by Gasteiger charge is -2.14. The number of hydrogen-bond donors (Lipinski definition) is 0. The van der Waals surface area contributed by atoms with Crippen molar-refractivity contribution in [2.75, 3.05) is 26.2 Å². The van der Waals surface area contributed by atoms with Crippen LogP contribution in [-0.2, 0) is 19.4 Å². The minimum Gasteiger partial charge on any atom is -0.494 e. The smallest absolute Gasteiger partial charge is 0.119 e. The van der Waals surface area contributed by atoms with Crippen molar-refractivity contribution in [3.63, 3.8) is 0 Å². The highest BCUT2D eigenvalue weighted by Gasteiger charge is 2.13. The zero-order valence-corrected chi connectivity index (χ0v) is 18.4. The van der Waals surface area contributed by atoms with E-state index in [0.717, 1.165) is 50.1 Å². The highest BCUT2D eigenvalue weighted by Crippen LogP contribution is 2.19. The molecular weight excluding hydrogens is 370 g/mol. The van der Waals surface area contributed by atoms with Crippen molar-refractivity contribution in [3.8, 4) is 5.75 Å². The molecule has 160 valence electrons. The van der Waals surface area contributed by atoms with Gasteiger partial charge in [-0.25, -0.2) is 4.98 Å². The molecule has 0 atom stereocenters. The first kappa shape index (κ1) is 20.9. The van der Waals surface area contributed by atoms with Crippen LogP contribution in [0.4, 0.5) is 0 Å². The van der Waals surface area contributed by atoms with Gasteiger partial charge in [0.1, 0.15) is 11.6 Å². The van der Waals surface area contributed by atoms with Gasteiger partial charge in [0.15, 0.2) is 0 Å². The van der Waals surface area contributed by atoms with Crippen molar-refractivity contribution in [2.24, 2.45) is 0 Å². The third-order valence-electron chi connectivity index (χ3n) is 6.18. The Morgan fingerprint density at radius 3 is 2.50 bits per heavy atom. The number of fused-ring (bicyclic) bond motifs is 1. The molecule has 4 heteroatoms. The van der Waals surface area contributed by atoms with Gasteiger partial charge in [-0.3, -0.25) is 0 Å². The summed E-state index contributed by atoms with van der Waals surface area (Å²) in [6.07, 6.45) is 8.21. The normalized spacial score (nSPS) is 14.6. The minimum absolute atomic E-state index is 0.766. The second-order valence-electron chi connectivity index (χ2n) is 8.37. The van der Waals surface area contributed by atoms with E-state index in [1.54, 1.807) is 0 Å². The Morgan fingerprint density at radius 2 is 1.70 bits per heavy atom. The van der Waals surface area contributed by atoms with E-state index in [9.17, 15) is 0 Å². The van der Waals surface area contributed by atoms with Gasteiger partial charge in [0, 0.05) is 13.0 Å². The van der Waals surface area contributed by atoms with Crippen LogP contribution >= 0.6 is 0 Å². The van der Waals surface area contributed by atoms with E-state index >= 15 is 0 Å². The molecule has 4 rings (SSSR count). The Kier molecular flexibility index (Phi) is 7.41. The van der Waals surface area contributed by atoms with E-state index < -0.39 is 0 Å². The summed E-state index contributed by atoms with van der Waals surface area (Å²) in [5, 5.41) is 0. The molecule has 0 unspecified atom stereocenters. The number of rotatable bonds is 11. The molecule has 30 heavy (non-hydrogen) atoms. The van der Waals surface area contributed by atoms with Crippen LogP contribution in [-0.4, -0.2) is 40.7 Å². The summed E-state index contributed by atoms with van der Waals surface area (Å²) in [5.41, 5.74) is 3.75. The Hall–Kier alpha value is -2.33. The summed E-state index contributed by atoms with van der Waals surface area (Å²) in [6, 6.07) is 17.0. The third-order valence-corrected chi connectivity index (χ3v) is 6.18. The number of unbranched alkanes of at least 4 members (excludes halogenated alkanes) is 1. The third kappa shape index (κ3) is 5.42. The van der Waals surface area contributed by atoms with Crippen LogP contribution in [0.3, 0.4) is 0 Å². The van der Waals surface area contributed by atoms with Gasteiger partial charge in [-0.05, 0) is 88.0 Å². The summed E-state index contributed by atoms with van der Waals surface area (Å²) in [7, 11) is 0. The van der Waals surface area contributed by atoms with Crippen molar-refractivity contribution in [1.82, 2.24) is 14.5 Å². The summed E-state index contributed by atoms with van der Waals surface area (Å²) in [6.45, 7) is 7.71. The summed E-state index contributed by atoms with van der Waals surface area (Å²) >= 11 is 0. The highest BCUT2D eigenvalue weighted by molar-refractivity contribution is 5.75. The molecule has 1 aliphatic heterocycles. The largest absolute Gasteiger partial charge is 0.494 e. The summed E-state index contributed by atoms with van der Waals surface area (Å²) in [5.74, 6) is 2.22. The average molecular weight is 406 g/mol. The van der Waals surface area contributed by atoms with Gasteiger partial charge in [0.05, 0.1) is 17.6 Å². The number of aryl methyl sites for hydroxylation is 3. The topological polar surface area (TPSA) is 30.3 Å². The first-order valence-electron chi connectivity index (χ1n) is 11.7. The van der Waals surface area contributed by atoms with E-state index in [1.807, 2.05) is 0 Å². The predicted molar refractivity (Wildman–Crippen MR) is 124 cm³/mol. The number of nitrogens with zero attached hydrogens (tertiary/aromatic N) is 3. The number of benzene rings is 2. The Bertz CT molecular complexity index is 910. The first-order valence-corrected chi connectivity index (χ1v) is 11.7. The van der Waals surface area contributed by atoms with Gasteiger partial charge in [-0.2, -0.15) is 0 Å². The summed E-state index contributed by atoms with van der Waals surface area (Å²) < 4.78 is 8.37. The standard InChI is InChI=1S/C26H35N3O/c1-2-22-13-15-23(16-14-22)30-21-8-7-20-29-25-11-4-3-10-24(25)27-26(29)12-9-19-28-17-5-6-18-28/h3-4,10-11,13-16H,2,5-9,12,17-21H2,1H3. The van der Waals surface area contributed by atoms with Crippen molar-refractivity contribution in [1.29, 1.82) is 0 Å². The van der Waals surface area contributed by atoms with E-state index in [-0.39, 0.29) is 0 Å². The zero-order valence-electron chi connectivity index (χ0n) is 18.4. The molecule has 0 saturated carbocycles. The van der Waals surface area contributed by atoms with Gasteiger partial charge < -0.3 is 14.2 Å². The van der Waals surface area contributed by atoms with Gasteiger partial charge in [0.25, 0.3) is 0 Å². The maximum atomic E-state index is 5.93. The first-order chi connectivity index (χ1) is 14.8. The molecule has 0 spiro atoms. The van der Waals surface area contributed by atoms with Crippen LogP contribution < -0.4 is 4.74 Å². The van der Waals surface area contributed by atoms with Crippen LogP contribution in [0, 0.1) is 0 Å². The molecule has 0 amide bonds. The lowest BCUT2D eigenvalue weighted by atomic mass is 10.2. The number of aromatic nitrogens is 2. The quantitative estimate of drug-likeness (QED) is 0.395. The number of para-hydroxylation sites is 2. The maximum absolute atomic E-state index is 5.93. The Balaban J connectivity index is 1.29. The molecule has 0 bridgehead atoms. The van der Waals surface area contributed by atoms with Gasteiger partial charge in [-0.15, -0.1) is 0 Å². The van der Waals surface area contributed by atoms with Crippen molar-refractivity contribution >= 4 is 11.0 Å². The van der Waals surface area contributed by atoms with Gasteiger partial charge in [0.2, 0.25) is 0 Å². The number of hydrogen-bond acceptors (Lipinski definition) is 3. The van der Waals surface area contributed by atoms with Gasteiger partial charge in [-0.1, -0.05) is 31.2 Å².